The van der Waals surface area contributed by atoms with Crippen LogP contribution in [0.25, 0.3) is 21.9 Å². The molecule has 0 radical (unpaired) electrons. The van der Waals surface area contributed by atoms with Gasteiger partial charge in [-0.3, -0.25) is 14.7 Å². The van der Waals surface area contributed by atoms with E-state index in [4.69, 9.17) is 4.74 Å². The zero-order valence-electron chi connectivity index (χ0n) is 24.2. The fourth-order valence-corrected chi connectivity index (χ4v) is 6.10. The van der Waals surface area contributed by atoms with Crippen LogP contribution in [0.5, 0.6) is 5.75 Å². The van der Waals surface area contributed by atoms with Crippen LogP contribution < -0.4 is 4.74 Å². The molecule has 0 spiro atoms. The number of carboxylic acids is 1. The predicted octanol–water partition coefficient (Wildman–Crippen LogP) is 5.77. The van der Waals surface area contributed by atoms with Crippen molar-refractivity contribution in [3.8, 4) is 5.75 Å². The molecule has 5 aromatic rings. The van der Waals surface area contributed by atoms with Gasteiger partial charge in [-0.1, -0.05) is 35.5 Å². The third-order valence-corrected chi connectivity index (χ3v) is 8.61. The molecule has 3 heterocycles. The molecule has 1 unspecified atom stereocenters. The summed E-state index contributed by atoms with van der Waals surface area (Å²) in [5.74, 6) is -0.327. The first-order valence-electron chi connectivity index (χ1n) is 14.0. The number of carbonyl (C=O) groups is 1. The summed E-state index contributed by atoms with van der Waals surface area (Å²) in [6.45, 7) is 10.6. The van der Waals surface area contributed by atoms with Crippen LogP contribution in [0.15, 0.2) is 60.8 Å². The van der Waals surface area contributed by atoms with Crippen molar-refractivity contribution in [3.63, 3.8) is 0 Å². The van der Waals surface area contributed by atoms with Gasteiger partial charge < -0.3 is 9.84 Å². The number of hydrogen-bond acceptors (Lipinski definition) is 6. The highest BCUT2D eigenvalue weighted by molar-refractivity contribution is 5.82. The average Bonchev–Trinajstić information content (AvgIpc) is 3.21. The Morgan fingerprint density at radius 3 is 2.76 bits per heavy atom. The quantitative estimate of drug-likeness (QED) is 0.287. The first kappa shape index (κ1) is 26.9. The molecule has 0 amide bonds. The van der Waals surface area contributed by atoms with Crippen molar-refractivity contribution in [3.05, 3.63) is 94.2 Å². The van der Waals surface area contributed by atoms with Gasteiger partial charge in [0.05, 0.1) is 16.4 Å². The van der Waals surface area contributed by atoms with Gasteiger partial charge in [-0.25, -0.2) is 4.68 Å². The van der Waals surface area contributed by atoms with Gasteiger partial charge in [-0.15, -0.1) is 5.10 Å². The molecule has 0 bridgehead atoms. The van der Waals surface area contributed by atoms with Crippen LogP contribution in [0.1, 0.15) is 53.1 Å². The second-order valence-electron chi connectivity index (χ2n) is 11.7. The maximum atomic E-state index is 12.6. The highest BCUT2D eigenvalue weighted by atomic mass is 16.5. The van der Waals surface area contributed by atoms with Crippen LogP contribution in [0.4, 0.5) is 0 Å². The van der Waals surface area contributed by atoms with E-state index in [9.17, 15) is 9.90 Å². The third kappa shape index (κ3) is 4.82. The number of benzene rings is 3. The molecule has 1 aliphatic rings. The molecule has 1 atom stereocenters. The van der Waals surface area contributed by atoms with Crippen molar-refractivity contribution in [1.29, 1.82) is 0 Å². The van der Waals surface area contributed by atoms with Crippen molar-refractivity contribution in [1.82, 2.24) is 24.9 Å². The largest absolute Gasteiger partial charge is 0.492 e. The van der Waals surface area contributed by atoms with Crippen LogP contribution in [-0.2, 0) is 24.9 Å². The summed E-state index contributed by atoms with van der Waals surface area (Å²) in [6, 6.07) is 18.7. The fourth-order valence-electron chi connectivity index (χ4n) is 6.10. The highest BCUT2D eigenvalue weighted by Crippen LogP contribution is 2.44. The molecular formula is C33H35N5O3. The number of hydrogen-bond donors (Lipinski definition) is 1. The van der Waals surface area contributed by atoms with Gasteiger partial charge in [0.25, 0.3) is 0 Å². The zero-order chi connectivity index (χ0) is 28.9. The van der Waals surface area contributed by atoms with Crippen LogP contribution in [0, 0.1) is 19.3 Å². The molecule has 0 saturated carbocycles. The number of aliphatic carboxylic acids is 1. The standard InChI is InChI=1S/C33H35N5O3/c1-20-8-9-23(30(33(3,4)32(39)40)26-10-11-28-31(21(26)2)35-36-37(28)5)16-24(20)18-38-13-14-41-29-17-27-22(7-6-12-34-27)15-25(29)19-38/h6-12,15-17,30H,13-14,18-19H2,1-5H3,(H,39,40). The number of ether oxygens (including phenoxy) is 1. The molecule has 41 heavy (non-hydrogen) atoms. The second kappa shape index (κ2) is 10.3. The number of rotatable bonds is 6. The minimum absolute atomic E-state index is 0.377. The maximum absolute atomic E-state index is 12.6. The number of carboxylic acid groups (broad SMARTS) is 1. The van der Waals surface area contributed by atoms with Crippen LogP contribution in [0.3, 0.4) is 0 Å². The predicted molar refractivity (Wildman–Crippen MR) is 159 cm³/mol. The number of fused-ring (bicyclic) bond motifs is 3. The zero-order valence-corrected chi connectivity index (χ0v) is 24.2. The summed E-state index contributed by atoms with van der Waals surface area (Å²) in [5.41, 5.74) is 8.00. The topological polar surface area (TPSA) is 93.4 Å². The monoisotopic (exact) mass is 549 g/mol. The fraction of sp³-hybridized carbons (Fsp3) is 0.333. The van der Waals surface area contributed by atoms with Crippen LogP contribution >= 0.6 is 0 Å². The Morgan fingerprint density at radius 1 is 1.12 bits per heavy atom. The van der Waals surface area contributed by atoms with Gasteiger partial charge in [0, 0.05) is 55.8 Å². The van der Waals surface area contributed by atoms with Crippen molar-refractivity contribution >= 4 is 27.9 Å². The van der Waals surface area contributed by atoms with Crippen molar-refractivity contribution in [2.24, 2.45) is 12.5 Å². The molecule has 0 aliphatic carbocycles. The summed E-state index contributed by atoms with van der Waals surface area (Å²) >= 11 is 0. The third-order valence-electron chi connectivity index (χ3n) is 8.61. The normalized spacial score (nSPS) is 15.0. The minimum Gasteiger partial charge on any atom is -0.492 e. The molecule has 3 aromatic carbocycles. The van der Waals surface area contributed by atoms with E-state index in [1.165, 1.54) is 11.1 Å². The van der Waals surface area contributed by atoms with E-state index < -0.39 is 11.4 Å². The van der Waals surface area contributed by atoms with E-state index >= 15 is 0 Å². The second-order valence-corrected chi connectivity index (χ2v) is 11.7. The smallest absolute Gasteiger partial charge is 0.310 e. The lowest BCUT2D eigenvalue weighted by Crippen LogP contribution is -2.33. The van der Waals surface area contributed by atoms with E-state index in [1.54, 1.807) is 10.9 Å². The molecule has 1 aliphatic heterocycles. The molecule has 210 valence electrons. The van der Waals surface area contributed by atoms with Crippen molar-refractivity contribution in [2.75, 3.05) is 13.2 Å². The number of nitrogens with zero attached hydrogens (tertiary/aromatic N) is 5. The van der Waals surface area contributed by atoms with Gasteiger partial charge >= 0.3 is 5.97 Å². The molecule has 8 nitrogen and oxygen atoms in total. The Morgan fingerprint density at radius 2 is 1.95 bits per heavy atom. The molecule has 8 heteroatoms. The summed E-state index contributed by atoms with van der Waals surface area (Å²) in [5, 5.41) is 20.0. The number of pyridine rings is 1. The van der Waals surface area contributed by atoms with Crippen molar-refractivity contribution in [2.45, 2.75) is 46.7 Å². The van der Waals surface area contributed by atoms with E-state index in [2.05, 4.69) is 57.5 Å². The SMILES string of the molecule is Cc1ccc(C(c2ccc3c(nnn3C)c2C)C(C)(C)C(=O)O)cc1CN1CCOc2cc3ncccc3cc2C1. The molecule has 1 N–H and O–H groups in total. The first-order valence-corrected chi connectivity index (χ1v) is 14.0. The van der Waals surface area contributed by atoms with E-state index in [0.717, 1.165) is 69.6 Å². The minimum atomic E-state index is -1.06. The summed E-state index contributed by atoms with van der Waals surface area (Å²) in [6.07, 6.45) is 1.80. The molecule has 0 fully saturated rings. The lowest BCUT2D eigenvalue weighted by molar-refractivity contribution is -0.147. The summed E-state index contributed by atoms with van der Waals surface area (Å²) < 4.78 is 7.88. The number of aryl methyl sites for hydroxylation is 3. The van der Waals surface area contributed by atoms with E-state index in [1.807, 2.05) is 52.1 Å². The average molecular weight is 550 g/mol. The van der Waals surface area contributed by atoms with Gasteiger partial charge in [0.1, 0.15) is 17.9 Å². The number of aromatic nitrogens is 4. The Kier molecular flexibility index (Phi) is 6.74. The summed E-state index contributed by atoms with van der Waals surface area (Å²) in [7, 11) is 1.87. The Hall–Kier alpha value is -4.30. The lowest BCUT2D eigenvalue weighted by Gasteiger charge is -2.33. The van der Waals surface area contributed by atoms with Gasteiger partial charge in [-0.2, -0.15) is 0 Å². The molecule has 2 aromatic heterocycles. The van der Waals surface area contributed by atoms with Crippen LogP contribution in [-0.4, -0.2) is 49.1 Å². The van der Waals surface area contributed by atoms with Gasteiger partial charge in [0.15, 0.2) is 0 Å². The van der Waals surface area contributed by atoms with Gasteiger partial charge in [-0.05, 0) is 73.7 Å². The Bertz CT molecular complexity index is 1790. The maximum Gasteiger partial charge on any atom is 0.310 e. The summed E-state index contributed by atoms with van der Waals surface area (Å²) in [4.78, 5) is 19.5. The molecule has 0 saturated heterocycles. The first-order chi connectivity index (χ1) is 19.6. The Labute approximate surface area is 239 Å². The van der Waals surface area contributed by atoms with E-state index in [-0.39, 0.29) is 5.92 Å². The van der Waals surface area contributed by atoms with Gasteiger partial charge in [0.2, 0.25) is 0 Å². The lowest BCUT2D eigenvalue weighted by atomic mass is 9.69. The van der Waals surface area contributed by atoms with Crippen LogP contribution in [0.2, 0.25) is 0 Å². The highest BCUT2D eigenvalue weighted by Gasteiger charge is 2.40. The van der Waals surface area contributed by atoms with Crippen molar-refractivity contribution < 1.29 is 14.6 Å². The van der Waals surface area contributed by atoms with E-state index in [0.29, 0.717) is 6.61 Å². The molecular weight excluding hydrogens is 514 g/mol. The Balaban J connectivity index is 1.38. The molecule has 6 rings (SSSR count).